The van der Waals surface area contributed by atoms with E-state index in [4.69, 9.17) is 4.74 Å². The van der Waals surface area contributed by atoms with Crippen LogP contribution >= 0.6 is 7.44 Å². The zero-order chi connectivity index (χ0) is 21.8. The van der Waals surface area contributed by atoms with Crippen molar-refractivity contribution < 1.29 is 14.1 Å². The van der Waals surface area contributed by atoms with Gasteiger partial charge < -0.3 is 14.1 Å². The fraction of sp³-hybridized carbons (Fsp3) is 0.240. The second-order valence-electron chi connectivity index (χ2n) is 7.70. The minimum atomic E-state index is -3.24. The van der Waals surface area contributed by atoms with E-state index in [9.17, 15) is 4.79 Å². The van der Waals surface area contributed by atoms with Gasteiger partial charge in [-0.25, -0.2) is 0 Å². The third kappa shape index (κ3) is 4.11. The van der Waals surface area contributed by atoms with Crippen LogP contribution in [0.25, 0.3) is 0 Å². The standard InChI is InChI=1S/C25H27N2O3P/c1-20(28)19-25(21-13-15-24(30-2)16-14-21)31(29)26(22-9-5-3-6-10-22)17-18-27(31)23-11-7-4-8-12-23/h3-16,25H,17-19H2,1-2H3. The van der Waals surface area contributed by atoms with Gasteiger partial charge in [0.25, 0.3) is 7.44 Å². The Balaban J connectivity index is 1.87. The van der Waals surface area contributed by atoms with Crippen molar-refractivity contribution >= 4 is 24.6 Å². The summed E-state index contributed by atoms with van der Waals surface area (Å²) in [7, 11) is -1.62. The average Bonchev–Trinajstić information content (AvgIpc) is 3.16. The number of benzene rings is 3. The minimum absolute atomic E-state index is 0.0176. The Kier molecular flexibility index (Phi) is 6.15. The normalized spacial score (nSPS) is 16.2. The highest BCUT2D eigenvalue weighted by atomic mass is 31.2. The Hall–Kier alpha value is -3.04. The summed E-state index contributed by atoms with van der Waals surface area (Å²) in [6, 6.07) is 27.3. The summed E-state index contributed by atoms with van der Waals surface area (Å²) >= 11 is 0. The van der Waals surface area contributed by atoms with Crippen LogP contribution in [0.15, 0.2) is 84.9 Å². The largest absolute Gasteiger partial charge is 0.497 e. The maximum atomic E-state index is 15.1. The molecule has 31 heavy (non-hydrogen) atoms. The van der Waals surface area contributed by atoms with Gasteiger partial charge in [-0.05, 0) is 48.9 Å². The number of para-hydroxylation sites is 2. The van der Waals surface area contributed by atoms with Gasteiger partial charge in [0.05, 0.1) is 12.8 Å². The van der Waals surface area contributed by atoms with Crippen LogP contribution in [-0.2, 0) is 9.36 Å². The molecule has 1 fully saturated rings. The predicted molar refractivity (Wildman–Crippen MR) is 126 cm³/mol. The molecule has 0 amide bonds. The van der Waals surface area contributed by atoms with E-state index in [0.717, 1.165) is 22.7 Å². The highest BCUT2D eigenvalue weighted by molar-refractivity contribution is 7.68. The van der Waals surface area contributed by atoms with Crippen molar-refractivity contribution in [2.45, 2.75) is 19.0 Å². The second-order valence-corrected chi connectivity index (χ2v) is 10.5. The molecule has 1 aliphatic rings. The summed E-state index contributed by atoms with van der Waals surface area (Å²) in [4.78, 5) is 12.4. The first-order valence-electron chi connectivity index (χ1n) is 10.4. The molecular formula is C25H27N2O3P. The lowest BCUT2D eigenvalue weighted by Crippen LogP contribution is -2.25. The van der Waals surface area contributed by atoms with Gasteiger partial charge in [-0.15, -0.1) is 0 Å². The maximum absolute atomic E-state index is 15.1. The molecule has 0 bridgehead atoms. The lowest BCUT2D eigenvalue weighted by molar-refractivity contribution is -0.117. The number of methoxy groups -OCH3 is 1. The monoisotopic (exact) mass is 434 g/mol. The molecule has 0 aliphatic carbocycles. The lowest BCUT2D eigenvalue weighted by atomic mass is 10.1. The zero-order valence-corrected chi connectivity index (χ0v) is 18.7. The number of hydrogen-bond acceptors (Lipinski definition) is 3. The van der Waals surface area contributed by atoms with Gasteiger partial charge in [0.2, 0.25) is 0 Å². The van der Waals surface area contributed by atoms with Crippen LogP contribution in [-0.4, -0.2) is 26.0 Å². The van der Waals surface area contributed by atoms with Crippen molar-refractivity contribution in [3.8, 4) is 5.75 Å². The molecular weight excluding hydrogens is 407 g/mol. The predicted octanol–water partition coefficient (Wildman–Crippen LogP) is 5.94. The van der Waals surface area contributed by atoms with Crippen LogP contribution in [0.3, 0.4) is 0 Å². The van der Waals surface area contributed by atoms with Crippen molar-refractivity contribution in [2.24, 2.45) is 0 Å². The van der Waals surface area contributed by atoms with Crippen LogP contribution in [0.1, 0.15) is 24.6 Å². The number of Topliss-reactive ketones (excluding diaryl/α,β-unsaturated/α-hetero) is 1. The smallest absolute Gasteiger partial charge is 0.270 e. The summed E-state index contributed by atoms with van der Waals surface area (Å²) in [6.07, 6.45) is 0.205. The van der Waals surface area contributed by atoms with E-state index in [-0.39, 0.29) is 12.2 Å². The quantitative estimate of drug-likeness (QED) is 0.431. The van der Waals surface area contributed by atoms with Gasteiger partial charge in [0, 0.05) is 30.9 Å². The molecule has 0 saturated carbocycles. The van der Waals surface area contributed by atoms with E-state index in [0.29, 0.717) is 13.1 Å². The summed E-state index contributed by atoms with van der Waals surface area (Å²) in [5, 5.41) is 0. The maximum Gasteiger partial charge on any atom is 0.270 e. The van der Waals surface area contributed by atoms with Crippen LogP contribution in [0.4, 0.5) is 11.4 Å². The molecule has 160 valence electrons. The molecule has 1 aliphatic heterocycles. The molecule has 1 atom stereocenters. The van der Waals surface area contributed by atoms with Crippen LogP contribution in [0.5, 0.6) is 5.75 Å². The first-order valence-corrected chi connectivity index (χ1v) is 12.1. The Morgan fingerprint density at radius 2 is 1.35 bits per heavy atom. The number of rotatable bonds is 7. The average molecular weight is 434 g/mol. The summed E-state index contributed by atoms with van der Waals surface area (Å²) in [5.41, 5.74) is 2.24. The fourth-order valence-corrected chi connectivity index (χ4v) is 7.93. The minimum Gasteiger partial charge on any atom is -0.497 e. The van der Waals surface area contributed by atoms with E-state index in [1.54, 1.807) is 14.0 Å². The number of carbonyl (C=O) groups is 1. The Morgan fingerprint density at radius 3 is 1.77 bits per heavy atom. The Morgan fingerprint density at radius 1 is 0.871 bits per heavy atom. The first kappa shape index (κ1) is 21.2. The molecule has 0 radical (unpaired) electrons. The number of anilines is 2. The number of nitrogens with zero attached hydrogens (tertiary/aromatic N) is 2. The van der Waals surface area contributed by atoms with Crippen molar-refractivity contribution in [2.75, 3.05) is 29.5 Å². The van der Waals surface area contributed by atoms with Gasteiger partial charge in [-0.1, -0.05) is 48.5 Å². The summed E-state index contributed by atoms with van der Waals surface area (Å²) in [6.45, 7) is 2.82. The molecule has 0 spiro atoms. The van der Waals surface area contributed by atoms with Crippen molar-refractivity contribution in [1.29, 1.82) is 0 Å². The molecule has 0 aromatic heterocycles. The molecule has 3 aromatic rings. The van der Waals surface area contributed by atoms with E-state index in [1.165, 1.54) is 0 Å². The van der Waals surface area contributed by atoms with Gasteiger partial charge in [0.15, 0.2) is 0 Å². The van der Waals surface area contributed by atoms with Gasteiger partial charge in [0.1, 0.15) is 11.5 Å². The highest BCUT2D eigenvalue weighted by Crippen LogP contribution is 2.69. The lowest BCUT2D eigenvalue weighted by Gasteiger charge is -2.38. The molecule has 6 heteroatoms. The van der Waals surface area contributed by atoms with Gasteiger partial charge in [-0.3, -0.25) is 9.36 Å². The van der Waals surface area contributed by atoms with Crippen molar-refractivity contribution in [3.63, 3.8) is 0 Å². The highest BCUT2D eigenvalue weighted by Gasteiger charge is 2.50. The van der Waals surface area contributed by atoms with E-state index < -0.39 is 13.1 Å². The zero-order valence-electron chi connectivity index (χ0n) is 17.8. The van der Waals surface area contributed by atoms with E-state index in [1.807, 2.05) is 94.3 Å². The van der Waals surface area contributed by atoms with E-state index in [2.05, 4.69) is 0 Å². The van der Waals surface area contributed by atoms with E-state index >= 15 is 4.57 Å². The van der Waals surface area contributed by atoms with Gasteiger partial charge in [-0.2, -0.15) is 0 Å². The molecule has 1 heterocycles. The number of hydrogen-bond donors (Lipinski definition) is 0. The Labute approximate surface area is 183 Å². The van der Waals surface area contributed by atoms with Crippen molar-refractivity contribution in [3.05, 3.63) is 90.5 Å². The van der Waals surface area contributed by atoms with Crippen LogP contribution < -0.4 is 14.1 Å². The van der Waals surface area contributed by atoms with Crippen LogP contribution in [0, 0.1) is 0 Å². The molecule has 1 unspecified atom stereocenters. The number of carbonyl (C=O) groups excluding carboxylic acids is 1. The topological polar surface area (TPSA) is 49.9 Å². The molecule has 4 rings (SSSR count). The third-order valence-corrected chi connectivity index (χ3v) is 9.25. The molecule has 3 aromatic carbocycles. The van der Waals surface area contributed by atoms with Gasteiger partial charge >= 0.3 is 0 Å². The SMILES string of the molecule is COc1ccc(C(CC(C)=O)P2(=O)N(c3ccccc3)CCN2c2ccccc2)cc1. The third-order valence-electron chi connectivity index (χ3n) is 5.71. The van der Waals surface area contributed by atoms with Crippen LogP contribution in [0.2, 0.25) is 0 Å². The second kappa shape index (κ2) is 8.99. The molecule has 0 N–H and O–H groups in total. The first-order chi connectivity index (χ1) is 15.0. The van der Waals surface area contributed by atoms with Crippen molar-refractivity contribution in [1.82, 2.24) is 0 Å². The molecule has 5 nitrogen and oxygen atoms in total. The summed E-state index contributed by atoms with van der Waals surface area (Å²) in [5.74, 6) is 0.749. The number of ether oxygens (including phenoxy) is 1. The molecule has 1 saturated heterocycles. The fourth-order valence-electron chi connectivity index (χ4n) is 4.26. The summed E-state index contributed by atoms with van der Waals surface area (Å²) < 4.78 is 24.5. The number of ketones is 1. The Bertz CT molecular complexity index is 1020.